The summed E-state index contributed by atoms with van der Waals surface area (Å²) in [5.74, 6) is 0. The van der Waals surface area contributed by atoms with Crippen molar-refractivity contribution in [2.45, 2.75) is 57.9 Å². The van der Waals surface area contributed by atoms with Crippen LogP contribution in [0.3, 0.4) is 0 Å². The van der Waals surface area contributed by atoms with Gasteiger partial charge >= 0.3 is 0 Å². The van der Waals surface area contributed by atoms with Gasteiger partial charge in [-0.05, 0) is 58.3 Å². The van der Waals surface area contributed by atoms with Crippen LogP contribution in [0.15, 0.2) is 0 Å². The molecular weight excluding hydrogens is 212 g/mol. The Labute approximate surface area is 107 Å². The van der Waals surface area contributed by atoms with E-state index in [0.29, 0.717) is 6.61 Å². The third kappa shape index (κ3) is 7.02. The second-order valence-electron chi connectivity index (χ2n) is 5.21. The largest absolute Gasteiger partial charge is 0.396 e. The molecule has 3 heteroatoms. The molecule has 0 unspecified atom stereocenters. The molecule has 0 saturated carbocycles. The van der Waals surface area contributed by atoms with Crippen molar-refractivity contribution in [1.82, 2.24) is 10.2 Å². The van der Waals surface area contributed by atoms with E-state index in [1.165, 1.54) is 64.7 Å². The number of hydrogen-bond donors (Lipinski definition) is 2. The summed E-state index contributed by atoms with van der Waals surface area (Å²) in [4.78, 5) is 2.60. The number of aliphatic hydroxyl groups is 1. The zero-order valence-electron chi connectivity index (χ0n) is 11.5. The molecule has 17 heavy (non-hydrogen) atoms. The number of aliphatic hydroxyl groups excluding tert-OH is 1. The van der Waals surface area contributed by atoms with Gasteiger partial charge in [0.15, 0.2) is 0 Å². The third-order valence-electron chi connectivity index (χ3n) is 3.65. The number of piperidine rings is 1. The SMILES string of the molecule is CCCNC1CCN(CCCCCCO)CC1. The van der Waals surface area contributed by atoms with Crippen LogP contribution in [-0.2, 0) is 0 Å². The maximum atomic E-state index is 8.70. The van der Waals surface area contributed by atoms with E-state index < -0.39 is 0 Å². The predicted molar refractivity (Wildman–Crippen MR) is 73.3 cm³/mol. The van der Waals surface area contributed by atoms with Crippen LogP contribution in [-0.4, -0.2) is 48.8 Å². The third-order valence-corrected chi connectivity index (χ3v) is 3.65. The molecule has 1 fully saturated rings. The molecule has 1 rings (SSSR count). The fourth-order valence-electron chi connectivity index (χ4n) is 2.51. The van der Waals surface area contributed by atoms with Crippen LogP contribution in [0, 0.1) is 0 Å². The molecule has 1 aliphatic rings. The topological polar surface area (TPSA) is 35.5 Å². The zero-order chi connectivity index (χ0) is 12.3. The predicted octanol–water partition coefficient (Wildman–Crippen LogP) is 2.00. The molecule has 3 nitrogen and oxygen atoms in total. The molecule has 0 aromatic carbocycles. The number of likely N-dealkylation sites (tertiary alicyclic amines) is 1. The molecule has 1 aliphatic heterocycles. The quantitative estimate of drug-likeness (QED) is 0.607. The molecular formula is C14H30N2O. The van der Waals surface area contributed by atoms with Crippen molar-refractivity contribution in [3.05, 3.63) is 0 Å². The lowest BCUT2D eigenvalue weighted by atomic mass is 10.0. The van der Waals surface area contributed by atoms with Crippen LogP contribution >= 0.6 is 0 Å². The Balaban J connectivity index is 1.95. The van der Waals surface area contributed by atoms with Gasteiger partial charge in [-0.25, -0.2) is 0 Å². The lowest BCUT2D eigenvalue weighted by Gasteiger charge is -2.32. The van der Waals surface area contributed by atoms with Gasteiger partial charge in [0.1, 0.15) is 0 Å². The minimum absolute atomic E-state index is 0.356. The van der Waals surface area contributed by atoms with E-state index in [9.17, 15) is 0 Å². The summed E-state index contributed by atoms with van der Waals surface area (Å²) >= 11 is 0. The van der Waals surface area contributed by atoms with E-state index in [1.807, 2.05) is 0 Å². The number of nitrogens with one attached hydrogen (secondary N) is 1. The summed E-state index contributed by atoms with van der Waals surface area (Å²) in [6.45, 7) is 7.55. The van der Waals surface area contributed by atoms with Crippen LogP contribution in [0.4, 0.5) is 0 Å². The fourth-order valence-corrected chi connectivity index (χ4v) is 2.51. The van der Waals surface area contributed by atoms with Gasteiger partial charge in [-0.15, -0.1) is 0 Å². The Morgan fingerprint density at radius 2 is 1.82 bits per heavy atom. The van der Waals surface area contributed by atoms with E-state index in [4.69, 9.17) is 5.11 Å². The summed E-state index contributed by atoms with van der Waals surface area (Å²) in [6.07, 6.45) is 8.61. The minimum atomic E-state index is 0.356. The number of unbranched alkanes of at least 4 members (excludes halogenated alkanes) is 3. The molecule has 0 radical (unpaired) electrons. The van der Waals surface area contributed by atoms with Crippen molar-refractivity contribution in [3.63, 3.8) is 0 Å². The lowest BCUT2D eigenvalue weighted by molar-refractivity contribution is 0.193. The van der Waals surface area contributed by atoms with Crippen molar-refractivity contribution >= 4 is 0 Å². The van der Waals surface area contributed by atoms with E-state index in [1.54, 1.807) is 0 Å². The standard InChI is InChI=1S/C14H30N2O/c1-2-9-15-14-7-11-16(12-8-14)10-5-3-4-6-13-17/h14-15,17H,2-13H2,1H3. The van der Waals surface area contributed by atoms with E-state index in [2.05, 4.69) is 17.1 Å². The van der Waals surface area contributed by atoms with Crippen molar-refractivity contribution < 1.29 is 5.11 Å². The van der Waals surface area contributed by atoms with Crippen molar-refractivity contribution in [1.29, 1.82) is 0 Å². The smallest absolute Gasteiger partial charge is 0.0431 e. The molecule has 102 valence electrons. The maximum absolute atomic E-state index is 8.70. The summed E-state index contributed by atoms with van der Waals surface area (Å²) in [5, 5.41) is 12.3. The Kier molecular flexibility index (Phi) is 8.67. The minimum Gasteiger partial charge on any atom is -0.396 e. The van der Waals surface area contributed by atoms with Gasteiger partial charge in [-0.3, -0.25) is 0 Å². The van der Waals surface area contributed by atoms with Gasteiger partial charge < -0.3 is 15.3 Å². The molecule has 0 aromatic heterocycles. The second-order valence-corrected chi connectivity index (χ2v) is 5.21. The molecule has 0 atom stereocenters. The van der Waals surface area contributed by atoms with Gasteiger partial charge in [0.2, 0.25) is 0 Å². The van der Waals surface area contributed by atoms with Gasteiger partial charge in [0.25, 0.3) is 0 Å². The lowest BCUT2D eigenvalue weighted by Crippen LogP contribution is -2.42. The highest BCUT2D eigenvalue weighted by Gasteiger charge is 2.17. The highest BCUT2D eigenvalue weighted by molar-refractivity contribution is 4.76. The average Bonchev–Trinajstić information content (AvgIpc) is 2.37. The first-order chi connectivity index (χ1) is 8.36. The van der Waals surface area contributed by atoms with Crippen LogP contribution in [0.2, 0.25) is 0 Å². The average molecular weight is 242 g/mol. The summed E-state index contributed by atoms with van der Waals surface area (Å²) in [5.41, 5.74) is 0. The summed E-state index contributed by atoms with van der Waals surface area (Å²) < 4.78 is 0. The van der Waals surface area contributed by atoms with Crippen LogP contribution in [0.5, 0.6) is 0 Å². The second kappa shape index (κ2) is 9.86. The Morgan fingerprint density at radius 1 is 1.12 bits per heavy atom. The number of hydrogen-bond acceptors (Lipinski definition) is 3. The van der Waals surface area contributed by atoms with Gasteiger partial charge in [-0.2, -0.15) is 0 Å². The Bertz CT molecular complexity index is 165. The Morgan fingerprint density at radius 3 is 2.47 bits per heavy atom. The molecule has 0 aromatic rings. The van der Waals surface area contributed by atoms with E-state index in [-0.39, 0.29) is 0 Å². The summed E-state index contributed by atoms with van der Waals surface area (Å²) in [6, 6.07) is 0.764. The molecule has 0 spiro atoms. The first-order valence-electron chi connectivity index (χ1n) is 7.43. The van der Waals surface area contributed by atoms with E-state index >= 15 is 0 Å². The van der Waals surface area contributed by atoms with Crippen LogP contribution in [0.25, 0.3) is 0 Å². The summed E-state index contributed by atoms with van der Waals surface area (Å²) in [7, 11) is 0. The molecule has 1 heterocycles. The first-order valence-corrected chi connectivity index (χ1v) is 7.43. The number of nitrogens with zero attached hydrogens (tertiary/aromatic N) is 1. The monoisotopic (exact) mass is 242 g/mol. The van der Waals surface area contributed by atoms with Gasteiger partial charge in [0, 0.05) is 12.6 Å². The van der Waals surface area contributed by atoms with Crippen molar-refractivity contribution in [2.75, 3.05) is 32.8 Å². The van der Waals surface area contributed by atoms with Gasteiger partial charge in [0.05, 0.1) is 0 Å². The van der Waals surface area contributed by atoms with Crippen molar-refractivity contribution in [2.24, 2.45) is 0 Å². The van der Waals surface area contributed by atoms with Gasteiger partial charge in [-0.1, -0.05) is 19.8 Å². The van der Waals surface area contributed by atoms with Crippen LogP contribution in [0.1, 0.15) is 51.9 Å². The maximum Gasteiger partial charge on any atom is 0.0431 e. The highest BCUT2D eigenvalue weighted by Crippen LogP contribution is 2.11. The molecule has 0 bridgehead atoms. The van der Waals surface area contributed by atoms with Crippen LogP contribution < -0.4 is 5.32 Å². The van der Waals surface area contributed by atoms with E-state index in [0.717, 1.165) is 12.5 Å². The highest BCUT2D eigenvalue weighted by atomic mass is 16.2. The normalized spacial score (nSPS) is 18.7. The molecule has 2 N–H and O–H groups in total. The number of rotatable bonds is 9. The first kappa shape index (κ1) is 14.9. The molecule has 0 amide bonds. The van der Waals surface area contributed by atoms with Crippen molar-refractivity contribution in [3.8, 4) is 0 Å². The fraction of sp³-hybridized carbons (Fsp3) is 1.00. The molecule has 0 aliphatic carbocycles. The zero-order valence-corrected chi connectivity index (χ0v) is 11.5. The molecule has 1 saturated heterocycles. The Hall–Kier alpha value is -0.120.